The van der Waals surface area contributed by atoms with E-state index in [0.717, 1.165) is 0 Å². The van der Waals surface area contributed by atoms with Crippen LogP contribution in [0.1, 0.15) is 47.6 Å². The van der Waals surface area contributed by atoms with Gasteiger partial charge in [0.2, 0.25) is 0 Å². The van der Waals surface area contributed by atoms with Crippen molar-refractivity contribution < 1.29 is 32.7 Å². The molecule has 0 nitrogen and oxygen atoms in total. The van der Waals surface area contributed by atoms with E-state index in [4.69, 9.17) is 0 Å². The molecular formula is C25H23Y-. The van der Waals surface area contributed by atoms with Gasteiger partial charge in [-0.3, -0.25) is 0 Å². The van der Waals surface area contributed by atoms with Gasteiger partial charge in [0.15, 0.2) is 0 Å². The largest absolute Gasteiger partial charge is 0.184 e. The molecule has 0 fully saturated rings. The van der Waals surface area contributed by atoms with Crippen molar-refractivity contribution in [3.8, 4) is 0 Å². The molecule has 0 N–H and O–H groups in total. The standard InChI is InChI=1S/C25H23.Y/c1-20(2)25-18-16-24(17-19-25)15-14-23-12-10-22(11-13-23)9-8-21-6-4-3-5-7-21;/h4-20H,1-2H3;/q-1;/b9-8+,15-14+;. The molecule has 3 aromatic rings. The van der Waals surface area contributed by atoms with Crippen LogP contribution in [-0.4, -0.2) is 0 Å². The van der Waals surface area contributed by atoms with E-state index in [0.29, 0.717) is 5.92 Å². The quantitative estimate of drug-likeness (QED) is 0.314. The summed E-state index contributed by atoms with van der Waals surface area (Å²) in [7, 11) is 0. The third-order valence-corrected chi connectivity index (χ3v) is 4.22. The first-order valence-electron chi connectivity index (χ1n) is 8.73. The summed E-state index contributed by atoms with van der Waals surface area (Å²) in [5.41, 5.74) is 6.21. The SMILES string of the molecule is CC(C)c1ccc(/C=C/c2ccc(/C=C/c3cc[c-]cc3)cc2)cc1.[Y]. The summed E-state index contributed by atoms with van der Waals surface area (Å²) in [6.45, 7) is 4.44. The van der Waals surface area contributed by atoms with Crippen molar-refractivity contribution in [3.05, 3.63) is 107 Å². The monoisotopic (exact) mass is 412 g/mol. The Balaban J connectivity index is 0.00000243. The Labute approximate surface area is 182 Å². The van der Waals surface area contributed by atoms with Crippen LogP contribution in [0, 0.1) is 6.07 Å². The topological polar surface area (TPSA) is 0 Å². The summed E-state index contributed by atoms with van der Waals surface area (Å²) in [5.74, 6) is 0.577. The Kier molecular flexibility index (Phi) is 8.23. The summed E-state index contributed by atoms with van der Waals surface area (Å²) in [5, 5.41) is 0. The molecule has 0 saturated carbocycles. The van der Waals surface area contributed by atoms with Gasteiger partial charge in [0.05, 0.1) is 0 Å². The van der Waals surface area contributed by atoms with Gasteiger partial charge in [0.25, 0.3) is 0 Å². The maximum Gasteiger partial charge on any atom is 0 e. The van der Waals surface area contributed by atoms with Gasteiger partial charge < -0.3 is 0 Å². The van der Waals surface area contributed by atoms with Crippen molar-refractivity contribution in [2.24, 2.45) is 0 Å². The van der Waals surface area contributed by atoms with Gasteiger partial charge in [-0.1, -0.05) is 86.7 Å². The van der Waals surface area contributed by atoms with Gasteiger partial charge in [-0.15, -0.1) is 5.56 Å². The van der Waals surface area contributed by atoms with Crippen LogP contribution in [0.5, 0.6) is 0 Å². The Morgan fingerprint density at radius 2 is 0.923 bits per heavy atom. The van der Waals surface area contributed by atoms with E-state index in [1.165, 1.54) is 27.8 Å². The molecule has 1 heteroatoms. The van der Waals surface area contributed by atoms with Gasteiger partial charge >= 0.3 is 0 Å². The fourth-order valence-corrected chi connectivity index (χ4v) is 2.61. The minimum atomic E-state index is 0. The first-order chi connectivity index (χ1) is 12.2. The molecule has 0 heterocycles. The number of rotatable bonds is 5. The number of hydrogen-bond acceptors (Lipinski definition) is 0. The summed E-state index contributed by atoms with van der Waals surface area (Å²) in [6.07, 6.45) is 8.57. The second-order valence-corrected chi connectivity index (χ2v) is 6.49. The first-order valence-corrected chi connectivity index (χ1v) is 8.73. The van der Waals surface area contributed by atoms with Crippen LogP contribution >= 0.6 is 0 Å². The van der Waals surface area contributed by atoms with E-state index < -0.39 is 0 Å². The molecule has 3 rings (SSSR count). The Hall–Kier alpha value is -1.76. The number of benzene rings is 3. The van der Waals surface area contributed by atoms with Gasteiger partial charge in [-0.2, -0.15) is 30.3 Å². The van der Waals surface area contributed by atoms with E-state index >= 15 is 0 Å². The predicted molar refractivity (Wildman–Crippen MR) is 110 cm³/mol. The minimum Gasteiger partial charge on any atom is -0.184 e. The van der Waals surface area contributed by atoms with E-state index in [2.05, 4.69) is 105 Å². The molecule has 0 spiro atoms. The molecule has 0 unspecified atom stereocenters. The van der Waals surface area contributed by atoms with Crippen LogP contribution in [0.4, 0.5) is 0 Å². The van der Waals surface area contributed by atoms with Crippen LogP contribution in [-0.2, 0) is 32.7 Å². The maximum absolute atomic E-state index is 3.03. The van der Waals surface area contributed by atoms with Gasteiger partial charge in [-0.05, 0) is 28.2 Å². The van der Waals surface area contributed by atoms with E-state index in [1.807, 2.05) is 12.1 Å². The zero-order chi connectivity index (χ0) is 17.5. The normalized spacial score (nSPS) is 11.2. The van der Waals surface area contributed by atoms with Crippen molar-refractivity contribution >= 4 is 24.3 Å². The van der Waals surface area contributed by atoms with Gasteiger partial charge in [0.1, 0.15) is 0 Å². The molecule has 0 atom stereocenters. The Morgan fingerprint density at radius 1 is 0.577 bits per heavy atom. The van der Waals surface area contributed by atoms with Crippen molar-refractivity contribution in [1.82, 2.24) is 0 Å². The third kappa shape index (κ3) is 6.20. The summed E-state index contributed by atoms with van der Waals surface area (Å²) in [4.78, 5) is 0. The Morgan fingerprint density at radius 3 is 1.31 bits per heavy atom. The van der Waals surface area contributed by atoms with E-state index in [1.54, 1.807) is 0 Å². The molecule has 0 aliphatic rings. The van der Waals surface area contributed by atoms with Crippen molar-refractivity contribution in [2.75, 3.05) is 0 Å². The molecular weight excluding hydrogens is 389 g/mol. The molecule has 0 aliphatic heterocycles. The van der Waals surface area contributed by atoms with E-state index in [9.17, 15) is 0 Å². The van der Waals surface area contributed by atoms with Crippen LogP contribution in [0.25, 0.3) is 24.3 Å². The Bertz CT molecular complexity index is 839. The van der Waals surface area contributed by atoms with Crippen LogP contribution in [0.3, 0.4) is 0 Å². The molecule has 127 valence electrons. The molecule has 0 aromatic heterocycles. The summed E-state index contributed by atoms with van der Waals surface area (Å²) >= 11 is 0. The predicted octanol–water partition coefficient (Wildman–Crippen LogP) is 6.95. The molecule has 1 radical (unpaired) electrons. The minimum absolute atomic E-state index is 0. The average Bonchev–Trinajstić information content (AvgIpc) is 2.67. The van der Waals surface area contributed by atoms with Crippen LogP contribution < -0.4 is 0 Å². The fraction of sp³-hybridized carbons (Fsp3) is 0.120. The van der Waals surface area contributed by atoms with E-state index in [-0.39, 0.29) is 32.7 Å². The first kappa shape index (κ1) is 20.6. The number of hydrogen-bond donors (Lipinski definition) is 0. The van der Waals surface area contributed by atoms with Crippen molar-refractivity contribution in [1.29, 1.82) is 0 Å². The fourth-order valence-electron chi connectivity index (χ4n) is 2.61. The van der Waals surface area contributed by atoms with Crippen LogP contribution in [0.15, 0.2) is 72.8 Å². The molecule has 0 bridgehead atoms. The van der Waals surface area contributed by atoms with Crippen LogP contribution in [0.2, 0.25) is 0 Å². The molecule has 26 heavy (non-hydrogen) atoms. The third-order valence-electron chi connectivity index (χ3n) is 4.22. The zero-order valence-electron chi connectivity index (χ0n) is 15.4. The summed E-state index contributed by atoms with van der Waals surface area (Å²) < 4.78 is 0. The maximum atomic E-state index is 3.03. The summed E-state index contributed by atoms with van der Waals surface area (Å²) in [6, 6.07) is 28.4. The van der Waals surface area contributed by atoms with Gasteiger partial charge in [-0.25, -0.2) is 0 Å². The van der Waals surface area contributed by atoms with Crippen molar-refractivity contribution in [3.63, 3.8) is 0 Å². The second kappa shape index (κ2) is 10.4. The van der Waals surface area contributed by atoms with Crippen molar-refractivity contribution in [2.45, 2.75) is 19.8 Å². The van der Waals surface area contributed by atoms with Gasteiger partial charge in [0, 0.05) is 32.7 Å². The molecule has 0 aliphatic carbocycles. The molecule has 0 amide bonds. The molecule has 0 saturated heterocycles. The zero-order valence-corrected chi connectivity index (χ0v) is 18.2. The smallest absolute Gasteiger partial charge is 0 e. The second-order valence-electron chi connectivity index (χ2n) is 6.49. The average molecular weight is 412 g/mol. The molecule has 3 aromatic carbocycles.